The van der Waals surface area contributed by atoms with Crippen LogP contribution >= 0.6 is 0 Å². The third kappa shape index (κ3) is 4.12. The fourth-order valence-electron chi connectivity index (χ4n) is 3.45. The smallest absolute Gasteiger partial charge is 0.223 e. The Morgan fingerprint density at radius 2 is 1.88 bits per heavy atom. The second kappa shape index (κ2) is 7.87. The number of carbonyl (C=O) groups is 2. The molecule has 1 aromatic carbocycles. The normalized spacial score (nSPS) is 19.3. The molecular formula is C19H28N4O2. The van der Waals surface area contributed by atoms with Crippen molar-refractivity contribution in [2.24, 2.45) is 11.8 Å². The van der Waals surface area contributed by atoms with Crippen LogP contribution in [0.5, 0.6) is 0 Å². The molecule has 1 unspecified atom stereocenters. The topological polar surface area (TPSA) is 64.7 Å². The van der Waals surface area contributed by atoms with E-state index in [0.29, 0.717) is 12.5 Å². The molecule has 2 fully saturated rings. The summed E-state index contributed by atoms with van der Waals surface area (Å²) in [5.74, 6) is 0.768. The standard InChI is InChI=1S/C19H28N4O2/c1-14(17-11-20-12-17)19(25)21-13-16-5-3-4-6-18(16)23-9-7-22(8-10-23)15(2)24/h3-6,14,17,20H,7-13H2,1-2H3,(H,21,25). The van der Waals surface area contributed by atoms with Crippen LogP contribution in [0.4, 0.5) is 5.69 Å². The molecule has 2 heterocycles. The lowest BCUT2D eigenvalue weighted by Crippen LogP contribution is -2.49. The van der Waals surface area contributed by atoms with Crippen molar-refractivity contribution >= 4 is 17.5 Å². The Balaban J connectivity index is 1.59. The van der Waals surface area contributed by atoms with Gasteiger partial charge in [0.25, 0.3) is 0 Å². The number of benzene rings is 1. The van der Waals surface area contributed by atoms with Crippen molar-refractivity contribution in [2.45, 2.75) is 20.4 Å². The lowest BCUT2D eigenvalue weighted by atomic mass is 9.88. The molecule has 0 aliphatic carbocycles. The molecule has 6 heteroatoms. The molecule has 2 saturated heterocycles. The van der Waals surface area contributed by atoms with Crippen LogP contribution in [-0.4, -0.2) is 56.0 Å². The monoisotopic (exact) mass is 344 g/mol. The van der Waals surface area contributed by atoms with Crippen molar-refractivity contribution in [3.05, 3.63) is 29.8 Å². The fraction of sp³-hybridized carbons (Fsp3) is 0.579. The highest BCUT2D eigenvalue weighted by Crippen LogP contribution is 2.22. The van der Waals surface area contributed by atoms with Gasteiger partial charge in [0.05, 0.1) is 0 Å². The molecule has 1 atom stereocenters. The molecular weight excluding hydrogens is 316 g/mol. The number of nitrogens with zero attached hydrogens (tertiary/aromatic N) is 2. The van der Waals surface area contributed by atoms with Crippen LogP contribution in [-0.2, 0) is 16.1 Å². The summed E-state index contributed by atoms with van der Waals surface area (Å²) in [6.45, 7) is 9.21. The Morgan fingerprint density at radius 3 is 2.48 bits per heavy atom. The number of amides is 2. The van der Waals surface area contributed by atoms with Crippen molar-refractivity contribution in [2.75, 3.05) is 44.2 Å². The largest absolute Gasteiger partial charge is 0.368 e. The second-order valence-electron chi connectivity index (χ2n) is 7.05. The minimum atomic E-state index is 0.0486. The minimum absolute atomic E-state index is 0.0486. The van der Waals surface area contributed by atoms with Crippen LogP contribution in [0, 0.1) is 11.8 Å². The van der Waals surface area contributed by atoms with E-state index >= 15 is 0 Å². The van der Waals surface area contributed by atoms with Crippen LogP contribution in [0.1, 0.15) is 19.4 Å². The Bertz CT molecular complexity index is 622. The van der Waals surface area contributed by atoms with E-state index in [1.807, 2.05) is 24.0 Å². The van der Waals surface area contributed by atoms with E-state index < -0.39 is 0 Å². The molecule has 25 heavy (non-hydrogen) atoms. The van der Waals surface area contributed by atoms with Crippen LogP contribution in [0.25, 0.3) is 0 Å². The van der Waals surface area contributed by atoms with Gasteiger partial charge < -0.3 is 20.4 Å². The van der Waals surface area contributed by atoms with Gasteiger partial charge in [-0.3, -0.25) is 9.59 Å². The third-order valence-electron chi connectivity index (χ3n) is 5.44. The third-order valence-corrected chi connectivity index (χ3v) is 5.44. The van der Waals surface area contributed by atoms with Crippen LogP contribution in [0.3, 0.4) is 0 Å². The van der Waals surface area contributed by atoms with Gasteiger partial charge in [0.15, 0.2) is 0 Å². The maximum atomic E-state index is 12.4. The summed E-state index contributed by atoms with van der Waals surface area (Å²) in [6.07, 6.45) is 0. The SMILES string of the molecule is CC(=O)N1CCN(c2ccccc2CNC(=O)C(C)C2CNC2)CC1. The van der Waals surface area contributed by atoms with Gasteiger partial charge in [-0.05, 0) is 30.6 Å². The number of hydrogen-bond acceptors (Lipinski definition) is 4. The molecule has 0 bridgehead atoms. The van der Waals surface area contributed by atoms with E-state index in [1.165, 1.54) is 0 Å². The van der Waals surface area contributed by atoms with Gasteiger partial charge >= 0.3 is 0 Å². The summed E-state index contributed by atoms with van der Waals surface area (Å²) >= 11 is 0. The number of nitrogens with one attached hydrogen (secondary N) is 2. The first-order valence-electron chi connectivity index (χ1n) is 9.13. The summed E-state index contributed by atoms with van der Waals surface area (Å²) in [7, 11) is 0. The number of carbonyl (C=O) groups excluding carboxylic acids is 2. The van der Waals surface area contributed by atoms with Crippen LogP contribution < -0.4 is 15.5 Å². The molecule has 0 aromatic heterocycles. The number of hydrogen-bond donors (Lipinski definition) is 2. The molecule has 0 radical (unpaired) electrons. The first kappa shape index (κ1) is 17.7. The quantitative estimate of drug-likeness (QED) is 0.830. The molecule has 2 aliphatic rings. The molecule has 2 amide bonds. The van der Waals surface area contributed by atoms with Crippen molar-refractivity contribution < 1.29 is 9.59 Å². The number of rotatable bonds is 5. The highest BCUT2D eigenvalue weighted by atomic mass is 16.2. The van der Waals surface area contributed by atoms with Crippen LogP contribution in [0.15, 0.2) is 24.3 Å². The number of anilines is 1. The predicted molar refractivity (Wildman–Crippen MR) is 98.3 cm³/mol. The molecule has 3 rings (SSSR count). The zero-order valence-electron chi connectivity index (χ0n) is 15.1. The highest BCUT2D eigenvalue weighted by Gasteiger charge is 2.28. The van der Waals surface area contributed by atoms with Crippen molar-refractivity contribution in [1.82, 2.24) is 15.5 Å². The van der Waals surface area contributed by atoms with Crippen molar-refractivity contribution in [3.63, 3.8) is 0 Å². The summed E-state index contributed by atoms with van der Waals surface area (Å²) in [5, 5.41) is 6.32. The molecule has 0 saturated carbocycles. The van der Waals surface area contributed by atoms with E-state index in [0.717, 1.165) is 50.5 Å². The summed E-state index contributed by atoms with van der Waals surface area (Å²) in [5.41, 5.74) is 2.29. The molecule has 0 spiro atoms. The van der Waals surface area contributed by atoms with E-state index in [9.17, 15) is 9.59 Å². The van der Waals surface area contributed by atoms with Crippen molar-refractivity contribution in [1.29, 1.82) is 0 Å². The van der Waals surface area contributed by atoms with E-state index in [1.54, 1.807) is 6.92 Å². The zero-order valence-corrected chi connectivity index (χ0v) is 15.1. The van der Waals surface area contributed by atoms with Gasteiger partial charge in [0.2, 0.25) is 11.8 Å². The van der Waals surface area contributed by atoms with Gasteiger partial charge in [-0.15, -0.1) is 0 Å². The average molecular weight is 344 g/mol. The lowest BCUT2D eigenvalue weighted by molar-refractivity contribution is -0.129. The molecule has 1 aromatic rings. The minimum Gasteiger partial charge on any atom is -0.368 e. The first-order valence-corrected chi connectivity index (χ1v) is 9.13. The first-order chi connectivity index (χ1) is 12.1. The molecule has 136 valence electrons. The Hall–Kier alpha value is -2.08. The Morgan fingerprint density at radius 1 is 1.20 bits per heavy atom. The zero-order chi connectivity index (χ0) is 17.8. The van der Waals surface area contributed by atoms with Gasteiger partial charge in [0, 0.05) is 51.3 Å². The average Bonchev–Trinajstić information content (AvgIpc) is 2.58. The maximum absolute atomic E-state index is 12.4. The van der Waals surface area contributed by atoms with Crippen molar-refractivity contribution in [3.8, 4) is 0 Å². The predicted octanol–water partition coefficient (Wildman–Crippen LogP) is 0.827. The molecule has 2 N–H and O–H groups in total. The summed E-state index contributed by atoms with van der Waals surface area (Å²) < 4.78 is 0. The Labute approximate surface area is 149 Å². The van der Waals surface area contributed by atoms with Crippen LogP contribution in [0.2, 0.25) is 0 Å². The molecule has 2 aliphatic heterocycles. The van der Waals surface area contributed by atoms with Gasteiger partial charge in [-0.25, -0.2) is 0 Å². The van der Waals surface area contributed by atoms with E-state index in [2.05, 4.69) is 27.7 Å². The van der Waals surface area contributed by atoms with E-state index in [-0.39, 0.29) is 17.7 Å². The number of para-hydroxylation sites is 1. The fourth-order valence-corrected chi connectivity index (χ4v) is 3.45. The van der Waals surface area contributed by atoms with Gasteiger partial charge in [-0.1, -0.05) is 25.1 Å². The molecule has 6 nitrogen and oxygen atoms in total. The van der Waals surface area contributed by atoms with Gasteiger partial charge in [0.1, 0.15) is 0 Å². The lowest BCUT2D eigenvalue weighted by Gasteiger charge is -2.36. The number of piperazine rings is 1. The highest BCUT2D eigenvalue weighted by molar-refractivity contribution is 5.79. The summed E-state index contributed by atoms with van der Waals surface area (Å²) in [4.78, 5) is 28.0. The van der Waals surface area contributed by atoms with E-state index in [4.69, 9.17) is 0 Å². The maximum Gasteiger partial charge on any atom is 0.223 e. The van der Waals surface area contributed by atoms with Gasteiger partial charge in [-0.2, -0.15) is 0 Å². The second-order valence-corrected chi connectivity index (χ2v) is 7.05. The summed E-state index contributed by atoms with van der Waals surface area (Å²) in [6, 6.07) is 8.21. The Kier molecular flexibility index (Phi) is 5.58.